The molecule has 24 heavy (non-hydrogen) atoms. The number of ether oxygens (including phenoxy) is 1. The first-order chi connectivity index (χ1) is 11.7. The maximum Gasteiger partial charge on any atom is 0.257 e. The lowest BCUT2D eigenvalue weighted by Crippen LogP contribution is -2.36. The molecule has 1 aromatic carbocycles. The van der Waals surface area contributed by atoms with Crippen LogP contribution >= 0.6 is 0 Å². The maximum absolute atomic E-state index is 13.6. The molecule has 126 valence electrons. The minimum atomic E-state index is -0.424. The normalized spacial score (nSPS) is 17.1. The van der Waals surface area contributed by atoms with Gasteiger partial charge in [-0.25, -0.2) is 4.39 Å². The molecule has 0 aliphatic carbocycles. The summed E-state index contributed by atoms with van der Waals surface area (Å²) in [7, 11) is 1.49. The highest BCUT2D eigenvalue weighted by molar-refractivity contribution is 5.97. The monoisotopic (exact) mass is 328 g/mol. The highest BCUT2D eigenvalue weighted by Gasteiger charge is 2.30. The lowest BCUT2D eigenvalue weighted by molar-refractivity contribution is 0.0726. The number of nitrogens with zero attached hydrogens (tertiary/aromatic N) is 2. The van der Waals surface area contributed by atoms with Gasteiger partial charge in [0, 0.05) is 25.0 Å². The summed E-state index contributed by atoms with van der Waals surface area (Å²) < 4.78 is 18.8. The molecule has 0 spiro atoms. The lowest BCUT2D eigenvalue weighted by Gasteiger charge is -2.25. The average molecular weight is 328 g/mol. The van der Waals surface area contributed by atoms with Crippen LogP contribution in [0.4, 0.5) is 4.39 Å². The van der Waals surface area contributed by atoms with E-state index < -0.39 is 5.82 Å². The first-order valence-electron chi connectivity index (χ1n) is 8.22. The largest absolute Gasteiger partial charge is 0.496 e. The molecular weight excluding hydrogens is 307 g/mol. The fourth-order valence-corrected chi connectivity index (χ4v) is 3.29. The Labute approximate surface area is 141 Å². The molecule has 2 aromatic rings. The average Bonchev–Trinajstić information content (AvgIpc) is 3.08. The van der Waals surface area contributed by atoms with Crippen LogP contribution in [0.2, 0.25) is 0 Å². The molecule has 0 unspecified atom stereocenters. The Morgan fingerprint density at radius 3 is 2.88 bits per heavy atom. The van der Waals surface area contributed by atoms with Gasteiger partial charge in [-0.2, -0.15) is 0 Å². The zero-order valence-corrected chi connectivity index (χ0v) is 13.7. The van der Waals surface area contributed by atoms with Crippen molar-refractivity contribution in [3.63, 3.8) is 0 Å². The SMILES string of the molecule is COc1ccc(F)cc1C(=O)N1CCC[C@@H]1CCc1ccncc1. The molecule has 0 N–H and O–H groups in total. The van der Waals surface area contributed by atoms with Crippen LogP contribution in [0.5, 0.6) is 5.75 Å². The molecule has 1 saturated heterocycles. The van der Waals surface area contributed by atoms with Crippen LogP contribution in [-0.4, -0.2) is 35.5 Å². The number of rotatable bonds is 5. The van der Waals surface area contributed by atoms with Crippen LogP contribution in [0.1, 0.15) is 35.2 Å². The summed E-state index contributed by atoms with van der Waals surface area (Å²) >= 11 is 0. The zero-order valence-electron chi connectivity index (χ0n) is 13.7. The van der Waals surface area contributed by atoms with Crippen molar-refractivity contribution >= 4 is 5.91 Å². The van der Waals surface area contributed by atoms with Crippen molar-refractivity contribution in [3.8, 4) is 5.75 Å². The van der Waals surface area contributed by atoms with E-state index in [9.17, 15) is 9.18 Å². The molecule has 0 bridgehead atoms. The molecule has 2 heterocycles. The van der Waals surface area contributed by atoms with Gasteiger partial charge < -0.3 is 9.64 Å². The van der Waals surface area contributed by atoms with Crippen molar-refractivity contribution in [2.24, 2.45) is 0 Å². The Morgan fingerprint density at radius 2 is 2.12 bits per heavy atom. The number of benzene rings is 1. The summed E-state index contributed by atoms with van der Waals surface area (Å²) in [6.45, 7) is 0.708. The third kappa shape index (κ3) is 3.55. The molecule has 1 aliphatic rings. The zero-order chi connectivity index (χ0) is 16.9. The molecule has 1 fully saturated rings. The van der Waals surface area contributed by atoms with Gasteiger partial charge in [0.25, 0.3) is 5.91 Å². The molecule has 1 aromatic heterocycles. The highest BCUT2D eigenvalue weighted by atomic mass is 19.1. The second kappa shape index (κ2) is 7.43. The molecule has 4 nitrogen and oxygen atoms in total. The number of carbonyl (C=O) groups excluding carboxylic acids is 1. The van der Waals surface area contributed by atoms with Gasteiger partial charge in [0.05, 0.1) is 12.7 Å². The predicted molar refractivity (Wildman–Crippen MR) is 89.6 cm³/mol. The number of methoxy groups -OCH3 is 1. The predicted octanol–water partition coefficient (Wildman–Crippen LogP) is 3.47. The minimum Gasteiger partial charge on any atom is -0.496 e. The number of aromatic nitrogens is 1. The Kier molecular flexibility index (Phi) is 5.08. The molecule has 1 atom stereocenters. The summed E-state index contributed by atoms with van der Waals surface area (Å²) in [5.41, 5.74) is 1.51. The molecule has 1 amide bonds. The lowest BCUT2D eigenvalue weighted by atomic mass is 10.0. The molecule has 5 heteroatoms. The van der Waals surface area contributed by atoms with Crippen LogP contribution in [0.3, 0.4) is 0 Å². The van der Waals surface area contributed by atoms with Gasteiger partial charge in [0.15, 0.2) is 0 Å². The van der Waals surface area contributed by atoms with Gasteiger partial charge in [-0.05, 0) is 61.6 Å². The van der Waals surface area contributed by atoms with Gasteiger partial charge in [-0.1, -0.05) is 0 Å². The van der Waals surface area contributed by atoms with Gasteiger partial charge in [0.1, 0.15) is 11.6 Å². The van der Waals surface area contributed by atoms with E-state index in [1.165, 1.54) is 30.9 Å². The summed E-state index contributed by atoms with van der Waals surface area (Å²) in [4.78, 5) is 18.8. The van der Waals surface area contributed by atoms with E-state index in [0.29, 0.717) is 17.9 Å². The number of pyridine rings is 1. The van der Waals surface area contributed by atoms with Crippen LogP contribution in [0.15, 0.2) is 42.7 Å². The van der Waals surface area contributed by atoms with Crippen LogP contribution < -0.4 is 4.74 Å². The summed E-state index contributed by atoms with van der Waals surface area (Å²) in [5, 5.41) is 0. The topological polar surface area (TPSA) is 42.4 Å². The van der Waals surface area contributed by atoms with E-state index in [-0.39, 0.29) is 11.9 Å². The van der Waals surface area contributed by atoms with E-state index in [2.05, 4.69) is 4.98 Å². The van der Waals surface area contributed by atoms with E-state index >= 15 is 0 Å². The second-order valence-electron chi connectivity index (χ2n) is 6.03. The Bertz CT molecular complexity index is 706. The van der Waals surface area contributed by atoms with Crippen molar-refractivity contribution in [3.05, 3.63) is 59.7 Å². The van der Waals surface area contributed by atoms with E-state index in [1.54, 1.807) is 12.4 Å². The van der Waals surface area contributed by atoms with Crippen molar-refractivity contribution in [1.82, 2.24) is 9.88 Å². The van der Waals surface area contributed by atoms with Crippen molar-refractivity contribution < 1.29 is 13.9 Å². The van der Waals surface area contributed by atoms with Gasteiger partial charge >= 0.3 is 0 Å². The van der Waals surface area contributed by atoms with Crippen molar-refractivity contribution in [2.45, 2.75) is 31.7 Å². The number of hydrogen-bond acceptors (Lipinski definition) is 3. The van der Waals surface area contributed by atoms with Gasteiger partial charge in [0.2, 0.25) is 0 Å². The van der Waals surface area contributed by atoms with Gasteiger partial charge in [-0.15, -0.1) is 0 Å². The first kappa shape index (κ1) is 16.4. The number of halogens is 1. The van der Waals surface area contributed by atoms with Crippen LogP contribution in [-0.2, 0) is 6.42 Å². The smallest absolute Gasteiger partial charge is 0.257 e. The fourth-order valence-electron chi connectivity index (χ4n) is 3.29. The van der Waals surface area contributed by atoms with Crippen molar-refractivity contribution in [1.29, 1.82) is 0 Å². The number of hydrogen-bond donors (Lipinski definition) is 0. The number of likely N-dealkylation sites (tertiary alicyclic amines) is 1. The van der Waals surface area contributed by atoms with Crippen molar-refractivity contribution in [2.75, 3.05) is 13.7 Å². The quantitative estimate of drug-likeness (QED) is 0.844. The third-order valence-corrected chi connectivity index (χ3v) is 4.55. The molecule has 0 radical (unpaired) electrons. The first-order valence-corrected chi connectivity index (χ1v) is 8.22. The third-order valence-electron chi connectivity index (χ3n) is 4.55. The van der Waals surface area contributed by atoms with E-state index in [4.69, 9.17) is 4.74 Å². The summed E-state index contributed by atoms with van der Waals surface area (Å²) in [6, 6.07) is 8.25. The molecular formula is C19H21FN2O2. The Balaban J connectivity index is 1.73. The van der Waals surface area contributed by atoms with E-state index in [0.717, 1.165) is 25.7 Å². The summed E-state index contributed by atoms with van der Waals surface area (Å²) in [6.07, 6.45) is 7.32. The Hall–Kier alpha value is -2.43. The molecule has 1 aliphatic heterocycles. The molecule has 3 rings (SSSR count). The van der Waals surface area contributed by atoms with E-state index in [1.807, 2.05) is 17.0 Å². The van der Waals surface area contributed by atoms with Gasteiger partial charge in [-0.3, -0.25) is 9.78 Å². The minimum absolute atomic E-state index is 0.149. The standard InChI is InChI=1S/C19H21FN2O2/c1-24-18-7-5-15(20)13-17(18)19(23)22-12-2-3-16(22)6-4-14-8-10-21-11-9-14/h5,7-11,13,16H,2-4,6,12H2,1H3/t16-/m1/s1. The maximum atomic E-state index is 13.6. The number of amides is 1. The summed E-state index contributed by atoms with van der Waals surface area (Å²) in [5.74, 6) is -0.156. The fraction of sp³-hybridized carbons (Fsp3) is 0.368. The second-order valence-corrected chi connectivity index (χ2v) is 6.03. The number of aryl methyl sites for hydroxylation is 1. The Morgan fingerprint density at radius 1 is 1.33 bits per heavy atom. The van der Waals surface area contributed by atoms with Crippen LogP contribution in [0, 0.1) is 5.82 Å². The van der Waals surface area contributed by atoms with Crippen LogP contribution in [0.25, 0.3) is 0 Å². The highest BCUT2D eigenvalue weighted by Crippen LogP contribution is 2.27. The molecule has 0 saturated carbocycles. The number of carbonyl (C=O) groups is 1.